The molecule has 2 aromatic rings. The lowest BCUT2D eigenvalue weighted by Gasteiger charge is -2.23. The third-order valence-corrected chi connectivity index (χ3v) is 5.59. The lowest BCUT2D eigenvalue weighted by atomic mass is 9.84. The van der Waals surface area contributed by atoms with Gasteiger partial charge in [-0.3, -0.25) is 0 Å². The van der Waals surface area contributed by atoms with Gasteiger partial charge in [0.1, 0.15) is 0 Å². The Morgan fingerprint density at radius 3 is 1.62 bits per heavy atom. The first-order chi connectivity index (χ1) is 9.88. The van der Waals surface area contributed by atoms with Gasteiger partial charge in [0, 0.05) is 4.90 Å². The molecule has 2 heteroatoms. The zero-order valence-corrected chi connectivity index (χ0v) is 14.7. The highest BCUT2D eigenvalue weighted by Gasteiger charge is 2.18. The van der Waals surface area contributed by atoms with Crippen molar-refractivity contribution in [2.45, 2.75) is 45.6 Å². The van der Waals surface area contributed by atoms with Crippen LogP contribution in [0.3, 0.4) is 0 Å². The van der Waals surface area contributed by atoms with Crippen LogP contribution >= 0.6 is 11.8 Å². The van der Waals surface area contributed by atoms with Crippen LogP contribution in [0, 0.1) is 34.6 Å². The monoisotopic (exact) mass is 299 g/mol. The maximum Gasteiger partial charge on any atom is 0.0557 e. The second kappa shape index (κ2) is 6.25. The summed E-state index contributed by atoms with van der Waals surface area (Å²) < 4.78 is 0. The summed E-state index contributed by atoms with van der Waals surface area (Å²) in [5.41, 5.74) is 15.8. The van der Waals surface area contributed by atoms with E-state index in [1.165, 1.54) is 43.8 Å². The quantitative estimate of drug-likeness (QED) is 0.807. The molecular formula is C19H25NS. The third-order valence-electron chi connectivity index (χ3n) is 4.84. The second-order valence-corrected chi connectivity index (χ2v) is 6.67. The van der Waals surface area contributed by atoms with E-state index in [1.54, 1.807) is 11.8 Å². The van der Waals surface area contributed by atoms with Gasteiger partial charge in [-0.25, -0.2) is 0 Å². The number of benzene rings is 2. The number of hydrogen-bond donors (Lipinski definition) is 1. The highest BCUT2D eigenvalue weighted by molar-refractivity contribution is 7.98. The van der Waals surface area contributed by atoms with Crippen LogP contribution < -0.4 is 5.73 Å². The minimum absolute atomic E-state index is 0.0566. The van der Waals surface area contributed by atoms with Crippen molar-refractivity contribution in [3.63, 3.8) is 0 Å². The lowest BCUT2D eigenvalue weighted by molar-refractivity contribution is 0.841. The molecule has 0 amide bonds. The van der Waals surface area contributed by atoms with E-state index < -0.39 is 0 Å². The Labute approximate surface area is 133 Å². The molecule has 0 saturated carbocycles. The first-order valence-electron chi connectivity index (χ1n) is 7.34. The van der Waals surface area contributed by atoms with Gasteiger partial charge in [0.15, 0.2) is 0 Å². The van der Waals surface area contributed by atoms with E-state index in [0.717, 1.165) is 0 Å². The smallest absolute Gasteiger partial charge is 0.0557 e. The summed E-state index contributed by atoms with van der Waals surface area (Å²) in [6.45, 7) is 11.0. The van der Waals surface area contributed by atoms with Crippen molar-refractivity contribution >= 4 is 11.8 Å². The van der Waals surface area contributed by atoms with Gasteiger partial charge < -0.3 is 5.73 Å². The molecule has 2 N–H and O–H groups in total. The molecule has 1 nitrogen and oxygen atoms in total. The summed E-state index contributed by atoms with van der Waals surface area (Å²) in [5.74, 6) is 0. The van der Waals surface area contributed by atoms with Crippen LogP contribution in [0.2, 0.25) is 0 Å². The van der Waals surface area contributed by atoms with Gasteiger partial charge in [-0.15, -0.1) is 11.8 Å². The molecule has 112 valence electrons. The molecule has 0 heterocycles. The average molecular weight is 299 g/mol. The molecule has 0 bridgehead atoms. The van der Waals surface area contributed by atoms with E-state index in [1.807, 2.05) is 0 Å². The predicted molar refractivity (Wildman–Crippen MR) is 94.4 cm³/mol. The molecule has 1 atom stereocenters. The van der Waals surface area contributed by atoms with Crippen molar-refractivity contribution < 1.29 is 0 Å². The van der Waals surface area contributed by atoms with Crippen LogP contribution in [0.5, 0.6) is 0 Å². The number of rotatable bonds is 3. The first kappa shape index (κ1) is 16.1. The summed E-state index contributed by atoms with van der Waals surface area (Å²) >= 11 is 1.76. The Bertz CT molecular complexity index is 627. The van der Waals surface area contributed by atoms with Gasteiger partial charge in [0.25, 0.3) is 0 Å². The Morgan fingerprint density at radius 1 is 0.762 bits per heavy atom. The molecule has 21 heavy (non-hydrogen) atoms. The molecule has 0 aliphatic heterocycles. The van der Waals surface area contributed by atoms with E-state index in [9.17, 15) is 0 Å². The summed E-state index contributed by atoms with van der Waals surface area (Å²) in [5, 5.41) is 0. The van der Waals surface area contributed by atoms with Gasteiger partial charge in [-0.2, -0.15) is 0 Å². The molecule has 0 aromatic heterocycles. The summed E-state index contributed by atoms with van der Waals surface area (Å²) in [4.78, 5) is 1.27. The standard InChI is InChI=1S/C19H25NS/c1-11-12(2)14(4)18(15(5)13(11)3)19(20)16-7-9-17(21-6)10-8-16/h7-10,19H,20H2,1-6H3. The van der Waals surface area contributed by atoms with Crippen molar-refractivity contribution in [2.75, 3.05) is 6.26 Å². The second-order valence-electron chi connectivity index (χ2n) is 5.79. The molecular weight excluding hydrogens is 274 g/mol. The summed E-state index contributed by atoms with van der Waals surface area (Å²) in [6.07, 6.45) is 2.09. The zero-order chi connectivity index (χ0) is 15.7. The third kappa shape index (κ3) is 2.88. The zero-order valence-electron chi connectivity index (χ0n) is 13.9. The fourth-order valence-corrected chi connectivity index (χ4v) is 3.38. The molecule has 0 aliphatic carbocycles. The first-order valence-corrected chi connectivity index (χ1v) is 8.57. The highest BCUT2D eigenvalue weighted by Crippen LogP contribution is 2.32. The fraction of sp³-hybridized carbons (Fsp3) is 0.368. The van der Waals surface area contributed by atoms with E-state index >= 15 is 0 Å². The van der Waals surface area contributed by atoms with Crippen LogP contribution in [0.15, 0.2) is 29.2 Å². The van der Waals surface area contributed by atoms with Gasteiger partial charge in [-0.05, 0) is 92.0 Å². The van der Waals surface area contributed by atoms with Gasteiger partial charge in [-0.1, -0.05) is 12.1 Å². The molecule has 0 saturated heterocycles. The van der Waals surface area contributed by atoms with Crippen molar-refractivity contribution in [3.05, 3.63) is 63.2 Å². The van der Waals surface area contributed by atoms with Crippen LogP contribution in [0.1, 0.15) is 45.0 Å². The van der Waals surface area contributed by atoms with Crippen LogP contribution in [0.4, 0.5) is 0 Å². The van der Waals surface area contributed by atoms with Crippen LogP contribution in [0.25, 0.3) is 0 Å². The van der Waals surface area contributed by atoms with Crippen molar-refractivity contribution in [2.24, 2.45) is 5.73 Å². The molecule has 0 spiro atoms. The number of thioether (sulfide) groups is 1. The van der Waals surface area contributed by atoms with Crippen molar-refractivity contribution in [1.82, 2.24) is 0 Å². The average Bonchev–Trinajstić information content (AvgIpc) is 2.51. The van der Waals surface area contributed by atoms with Gasteiger partial charge in [0.2, 0.25) is 0 Å². The maximum absolute atomic E-state index is 6.59. The van der Waals surface area contributed by atoms with E-state index in [-0.39, 0.29) is 6.04 Å². The Hall–Kier alpha value is -1.25. The Kier molecular flexibility index (Phi) is 4.80. The minimum atomic E-state index is -0.0566. The van der Waals surface area contributed by atoms with Crippen LogP contribution in [-0.2, 0) is 0 Å². The number of nitrogens with two attached hydrogens (primary N) is 1. The molecule has 0 radical (unpaired) electrons. The molecule has 0 aliphatic rings. The fourth-order valence-electron chi connectivity index (χ4n) is 2.97. The van der Waals surface area contributed by atoms with E-state index in [0.29, 0.717) is 0 Å². The van der Waals surface area contributed by atoms with Crippen molar-refractivity contribution in [3.8, 4) is 0 Å². The molecule has 1 unspecified atom stereocenters. The van der Waals surface area contributed by atoms with Crippen LogP contribution in [-0.4, -0.2) is 6.26 Å². The number of hydrogen-bond acceptors (Lipinski definition) is 2. The van der Waals surface area contributed by atoms with Gasteiger partial charge >= 0.3 is 0 Å². The largest absolute Gasteiger partial charge is 0.320 e. The van der Waals surface area contributed by atoms with Crippen molar-refractivity contribution in [1.29, 1.82) is 0 Å². The topological polar surface area (TPSA) is 26.0 Å². The minimum Gasteiger partial charge on any atom is -0.320 e. The SMILES string of the molecule is CSc1ccc(C(N)c2c(C)c(C)c(C)c(C)c2C)cc1. The van der Waals surface area contributed by atoms with Gasteiger partial charge in [0.05, 0.1) is 6.04 Å². The maximum atomic E-state index is 6.59. The Morgan fingerprint density at radius 2 is 1.19 bits per heavy atom. The highest BCUT2D eigenvalue weighted by atomic mass is 32.2. The Balaban J connectivity index is 2.55. The summed E-state index contributed by atoms with van der Waals surface area (Å²) in [7, 11) is 0. The normalized spacial score (nSPS) is 12.5. The molecule has 2 aromatic carbocycles. The molecule has 0 fully saturated rings. The van der Waals surface area contributed by atoms with E-state index in [4.69, 9.17) is 5.73 Å². The predicted octanol–water partition coefficient (Wildman–Crippen LogP) is 5.00. The van der Waals surface area contributed by atoms with E-state index in [2.05, 4.69) is 65.1 Å². The lowest BCUT2D eigenvalue weighted by Crippen LogP contribution is -2.17. The molecule has 2 rings (SSSR count). The summed E-state index contributed by atoms with van der Waals surface area (Å²) in [6, 6.07) is 8.55.